The van der Waals surface area contributed by atoms with Crippen LogP contribution in [0.25, 0.3) is 0 Å². The van der Waals surface area contributed by atoms with Gasteiger partial charge in [-0.2, -0.15) is 0 Å². The van der Waals surface area contributed by atoms with Gasteiger partial charge in [0.2, 0.25) is 5.91 Å². The molecule has 0 unspecified atom stereocenters. The Balaban J connectivity index is 1.78. The van der Waals surface area contributed by atoms with Gasteiger partial charge in [0.15, 0.2) is 11.6 Å². The van der Waals surface area contributed by atoms with Gasteiger partial charge in [0.05, 0.1) is 6.04 Å². The second-order valence-electron chi connectivity index (χ2n) is 8.89. The smallest absolute Gasteiger partial charge is 0.318 e. The lowest BCUT2D eigenvalue weighted by Gasteiger charge is -2.37. The summed E-state index contributed by atoms with van der Waals surface area (Å²) in [6, 6.07) is 7.71. The lowest BCUT2D eigenvalue weighted by molar-refractivity contribution is -0.135. The van der Waals surface area contributed by atoms with E-state index in [0.717, 1.165) is 18.4 Å². The molecular weight excluding hydrogens is 441 g/mol. The molecule has 0 saturated carbocycles. The van der Waals surface area contributed by atoms with Gasteiger partial charge in [-0.15, -0.1) is 11.3 Å². The van der Waals surface area contributed by atoms with Gasteiger partial charge in [-0.05, 0) is 55.3 Å². The van der Waals surface area contributed by atoms with E-state index in [-0.39, 0.29) is 48.8 Å². The minimum Gasteiger partial charge on any atom is -0.488 e. The normalized spacial score (nSPS) is 16.3. The van der Waals surface area contributed by atoms with Crippen LogP contribution in [-0.4, -0.2) is 54.0 Å². The van der Waals surface area contributed by atoms with Gasteiger partial charge < -0.3 is 19.9 Å². The summed E-state index contributed by atoms with van der Waals surface area (Å²) in [7, 11) is 0. The predicted molar refractivity (Wildman–Crippen MR) is 129 cm³/mol. The third-order valence-corrected chi connectivity index (χ3v) is 6.90. The number of para-hydroxylation sites is 1. The Morgan fingerprint density at radius 3 is 2.73 bits per heavy atom. The van der Waals surface area contributed by atoms with Gasteiger partial charge >= 0.3 is 6.03 Å². The summed E-state index contributed by atoms with van der Waals surface area (Å²) in [4.78, 5) is 30.9. The van der Waals surface area contributed by atoms with E-state index in [4.69, 9.17) is 4.74 Å². The van der Waals surface area contributed by atoms with Gasteiger partial charge in [-0.25, -0.2) is 9.18 Å². The molecule has 2 aromatic rings. The molecule has 180 valence electrons. The largest absolute Gasteiger partial charge is 0.488 e. The fraction of sp³-hybridized carbons (Fsp3) is 0.520. The number of carbonyl (C=O) groups is 2. The van der Waals surface area contributed by atoms with E-state index >= 15 is 0 Å². The topological polar surface area (TPSA) is 61.9 Å². The number of hydrogen-bond donors (Lipinski definition) is 1. The first-order chi connectivity index (χ1) is 15.8. The number of amides is 3. The monoisotopic (exact) mass is 475 g/mol. The first-order valence-electron chi connectivity index (χ1n) is 11.6. The van der Waals surface area contributed by atoms with Crippen molar-refractivity contribution in [1.29, 1.82) is 0 Å². The van der Waals surface area contributed by atoms with Crippen LogP contribution in [0.1, 0.15) is 50.6 Å². The molecule has 0 fully saturated rings. The molecule has 3 rings (SSSR count). The van der Waals surface area contributed by atoms with Gasteiger partial charge in [0, 0.05) is 24.0 Å². The lowest BCUT2D eigenvalue weighted by atomic mass is 10.00. The van der Waals surface area contributed by atoms with Gasteiger partial charge in [-0.3, -0.25) is 4.79 Å². The molecule has 0 bridgehead atoms. The number of fused-ring (bicyclic) bond motifs is 1. The van der Waals surface area contributed by atoms with E-state index in [0.29, 0.717) is 13.1 Å². The third kappa shape index (κ3) is 6.47. The third-order valence-electron chi connectivity index (χ3n) is 5.90. The highest BCUT2D eigenvalue weighted by Gasteiger charge is 2.34. The number of nitrogens with zero attached hydrogens (tertiary/aromatic N) is 2. The molecule has 6 nitrogen and oxygen atoms in total. The van der Waals surface area contributed by atoms with E-state index in [1.165, 1.54) is 10.9 Å². The second-order valence-corrected chi connectivity index (χ2v) is 9.89. The number of thiophene rings is 1. The van der Waals surface area contributed by atoms with Crippen LogP contribution < -0.4 is 10.1 Å². The van der Waals surface area contributed by atoms with Gasteiger partial charge in [0.1, 0.15) is 13.2 Å². The zero-order valence-corrected chi connectivity index (χ0v) is 20.7. The van der Waals surface area contributed by atoms with Crippen molar-refractivity contribution in [3.05, 3.63) is 52.0 Å². The Labute approximate surface area is 199 Å². The first kappa shape index (κ1) is 25.0. The van der Waals surface area contributed by atoms with E-state index < -0.39 is 5.82 Å². The molecule has 2 atom stereocenters. The average molecular weight is 476 g/mol. The standard InChI is InChI=1S/C25H34FN3O3S/c1-5-18(4)14-28(25(31)27-17(2)3)15-24(30)29-12-10-23-19(11-13-33-23)21(29)16-32-22-9-7-6-8-20(22)26/h6-9,11,13,17-18,21H,5,10,12,14-16H2,1-4H3,(H,27,31)/t18-,21+/m0/s1. The number of urea groups is 1. The molecule has 33 heavy (non-hydrogen) atoms. The quantitative estimate of drug-likeness (QED) is 0.564. The maximum absolute atomic E-state index is 14.1. The van der Waals surface area contributed by atoms with Gasteiger partial charge in [-0.1, -0.05) is 32.4 Å². The highest BCUT2D eigenvalue weighted by Crippen LogP contribution is 2.34. The highest BCUT2D eigenvalue weighted by molar-refractivity contribution is 7.10. The number of hydrogen-bond acceptors (Lipinski definition) is 4. The van der Waals surface area contributed by atoms with Crippen molar-refractivity contribution in [2.75, 3.05) is 26.2 Å². The molecule has 0 spiro atoms. The summed E-state index contributed by atoms with van der Waals surface area (Å²) in [6.45, 7) is 9.15. The lowest BCUT2D eigenvalue weighted by Crippen LogP contribution is -2.51. The number of rotatable bonds is 9. The molecule has 2 heterocycles. The van der Waals surface area contributed by atoms with Crippen molar-refractivity contribution in [3.8, 4) is 5.75 Å². The second kappa shape index (κ2) is 11.5. The van der Waals surface area contributed by atoms with Crippen molar-refractivity contribution < 1.29 is 18.7 Å². The molecule has 0 saturated heterocycles. The number of ether oxygens (including phenoxy) is 1. The van der Waals surface area contributed by atoms with E-state index in [1.807, 2.05) is 25.3 Å². The molecule has 0 radical (unpaired) electrons. The Kier molecular flexibility index (Phi) is 8.72. The van der Waals surface area contributed by atoms with Crippen LogP contribution in [0.3, 0.4) is 0 Å². The molecule has 3 amide bonds. The molecule has 1 aromatic carbocycles. The van der Waals surface area contributed by atoms with E-state index in [9.17, 15) is 14.0 Å². The maximum Gasteiger partial charge on any atom is 0.318 e. The van der Waals surface area contributed by atoms with Crippen molar-refractivity contribution in [2.45, 2.75) is 52.6 Å². The number of benzene rings is 1. The zero-order valence-electron chi connectivity index (χ0n) is 19.8. The molecule has 1 N–H and O–H groups in total. The number of nitrogens with one attached hydrogen (secondary N) is 1. The van der Waals surface area contributed by atoms with Crippen LogP contribution in [0.15, 0.2) is 35.7 Å². The highest BCUT2D eigenvalue weighted by atomic mass is 32.1. The van der Waals surface area contributed by atoms with Crippen LogP contribution in [0.4, 0.5) is 9.18 Å². The summed E-state index contributed by atoms with van der Waals surface area (Å²) < 4.78 is 19.9. The molecule has 8 heteroatoms. The van der Waals surface area contributed by atoms with Crippen LogP contribution in [0, 0.1) is 11.7 Å². The minimum absolute atomic E-state index is 0.00143. The van der Waals surface area contributed by atoms with Crippen molar-refractivity contribution in [2.24, 2.45) is 5.92 Å². The molecular formula is C25H34FN3O3S. The maximum atomic E-state index is 14.1. The number of halogens is 1. The molecule has 1 aromatic heterocycles. The Morgan fingerprint density at radius 1 is 1.27 bits per heavy atom. The van der Waals surface area contributed by atoms with Crippen LogP contribution in [0.2, 0.25) is 0 Å². The fourth-order valence-electron chi connectivity index (χ4n) is 3.92. The van der Waals surface area contributed by atoms with Crippen LogP contribution in [0.5, 0.6) is 5.75 Å². The minimum atomic E-state index is -0.429. The van der Waals surface area contributed by atoms with Crippen molar-refractivity contribution in [3.63, 3.8) is 0 Å². The molecule has 0 aliphatic carbocycles. The molecule has 1 aliphatic heterocycles. The van der Waals surface area contributed by atoms with E-state index in [2.05, 4.69) is 19.2 Å². The Bertz CT molecular complexity index is 948. The summed E-state index contributed by atoms with van der Waals surface area (Å²) in [5.74, 6) is -0.110. The Hall–Kier alpha value is -2.61. The molecule has 1 aliphatic rings. The summed E-state index contributed by atoms with van der Waals surface area (Å²) in [6.07, 6.45) is 1.68. The van der Waals surface area contributed by atoms with Crippen molar-refractivity contribution >= 4 is 23.3 Å². The summed E-state index contributed by atoms with van der Waals surface area (Å²) in [5.41, 5.74) is 1.04. The van der Waals surface area contributed by atoms with E-state index in [1.54, 1.807) is 39.3 Å². The predicted octanol–water partition coefficient (Wildman–Crippen LogP) is 4.86. The zero-order chi connectivity index (χ0) is 24.0. The Morgan fingerprint density at radius 2 is 2.03 bits per heavy atom. The average Bonchev–Trinajstić information content (AvgIpc) is 3.26. The van der Waals surface area contributed by atoms with Crippen molar-refractivity contribution in [1.82, 2.24) is 15.1 Å². The summed E-state index contributed by atoms with van der Waals surface area (Å²) in [5, 5.41) is 4.92. The van der Waals surface area contributed by atoms with Gasteiger partial charge in [0.25, 0.3) is 0 Å². The fourth-order valence-corrected chi connectivity index (χ4v) is 4.85. The SMILES string of the molecule is CC[C@H](C)CN(CC(=O)N1CCc2sccc2[C@H]1COc1ccccc1F)C(=O)NC(C)C. The summed E-state index contributed by atoms with van der Waals surface area (Å²) >= 11 is 1.66. The first-order valence-corrected chi connectivity index (χ1v) is 12.5. The number of carbonyl (C=O) groups excluding carboxylic acids is 2. The van der Waals surface area contributed by atoms with Crippen LogP contribution >= 0.6 is 11.3 Å². The van der Waals surface area contributed by atoms with Crippen LogP contribution in [-0.2, 0) is 11.2 Å².